The Morgan fingerprint density at radius 3 is 2.77 bits per heavy atom. The first-order valence-corrected chi connectivity index (χ1v) is 11.9. The number of Topliss-reactive ketones (excluding diaryl/α,β-unsaturated/α-hetero) is 1. The molecule has 1 aromatic carbocycles. The van der Waals surface area contributed by atoms with E-state index < -0.39 is 23.1 Å². The van der Waals surface area contributed by atoms with E-state index in [1.165, 1.54) is 17.2 Å². The molecule has 0 saturated carbocycles. The molecular formula is C27H27F2N3O3. The molecule has 0 aliphatic carbocycles. The van der Waals surface area contributed by atoms with E-state index in [2.05, 4.69) is 9.97 Å². The highest BCUT2D eigenvalue weighted by Gasteiger charge is 2.46. The van der Waals surface area contributed by atoms with E-state index in [0.717, 1.165) is 29.5 Å². The number of nitrogens with zero attached hydrogens (tertiary/aromatic N) is 2. The zero-order valence-electron chi connectivity index (χ0n) is 19.7. The molecule has 1 unspecified atom stereocenters. The Bertz CT molecular complexity index is 1340. The first-order chi connectivity index (χ1) is 16.8. The van der Waals surface area contributed by atoms with Crippen molar-refractivity contribution >= 4 is 28.3 Å². The van der Waals surface area contributed by atoms with Gasteiger partial charge in [0.1, 0.15) is 11.2 Å². The lowest BCUT2D eigenvalue weighted by Crippen LogP contribution is -2.40. The number of carbonyl (C=O) groups excluding carboxylic acids is 2. The summed E-state index contributed by atoms with van der Waals surface area (Å²) in [6.45, 7) is 4.75. The maximum Gasteiger partial charge on any atom is 0.258 e. The van der Waals surface area contributed by atoms with Crippen molar-refractivity contribution in [2.24, 2.45) is 5.92 Å². The van der Waals surface area contributed by atoms with Crippen LogP contribution in [0.3, 0.4) is 0 Å². The monoisotopic (exact) mass is 479 g/mol. The van der Waals surface area contributed by atoms with E-state index in [0.29, 0.717) is 48.7 Å². The lowest BCUT2D eigenvalue weighted by atomic mass is 9.86. The number of ketones is 1. The molecule has 1 atom stereocenters. The van der Waals surface area contributed by atoms with Gasteiger partial charge in [0, 0.05) is 41.9 Å². The molecule has 4 heterocycles. The van der Waals surface area contributed by atoms with Crippen LogP contribution in [0.25, 0.3) is 16.6 Å². The van der Waals surface area contributed by atoms with Crippen molar-refractivity contribution in [3.05, 3.63) is 71.2 Å². The van der Waals surface area contributed by atoms with Gasteiger partial charge in [0.15, 0.2) is 17.4 Å². The van der Waals surface area contributed by atoms with Crippen molar-refractivity contribution < 1.29 is 23.1 Å². The van der Waals surface area contributed by atoms with Gasteiger partial charge in [-0.1, -0.05) is 13.8 Å². The maximum absolute atomic E-state index is 14.0. The van der Waals surface area contributed by atoms with Gasteiger partial charge in [0.05, 0.1) is 17.8 Å². The van der Waals surface area contributed by atoms with Gasteiger partial charge < -0.3 is 14.6 Å². The van der Waals surface area contributed by atoms with Crippen LogP contribution in [0.2, 0.25) is 0 Å². The number of rotatable bonds is 5. The molecule has 1 amide bonds. The van der Waals surface area contributed by atoms with Crippen LogP contribution in [0.1, 0.15) is 61.1 Å². The van der Waals surface area contributed by atoms with Crippen molar-refractivity contribution in [3.8, 4) is 0 Å². The highest BCUT2D eigenvalue weighted by atomic mass is 19.2. The van der Waals surface area contributed by atoms with Crippen LogP contribution < -0.4 is 0 Å². The molecule has 2 aliphatic heterocycles. The Kier molecular flexibility index (Phi) is 6.01. The number of fused-ring (bicyclic) bond motifs is 4. The fraction of sp³-hybridized carbons (Fsp3) is 0.370. The maximum atomic E-state index is 14.0. The summed E-state index contributed by atoms with van der Waals surface area (Å²) in [5.41, 5.74) is 1.58. The van der Waals surface area contributed by atoms with E-state index in [1.54, 1.807) is 6.20 Å². The molecule has 6 nitrogen and oxygen atoms in total. The third-order valence-corrected chi connectivity index (χ3v) is 6.79. The molecule has 0 bridgehead atoms. The summed E-state index contributed by atoms with van der Waals surface area (Å²) in [6.07, 6.45) is 5.66. The van der Waals surface area contributed by atoms with Gasteiger partial charge in [-0.3, -0.25) is 9.59 Å². The van der Waals surface area contributed by atoms with Gasteiger partial charge in [0.2, 0.25) is 0 Å². The molecular weight excluding hydrogens is 452 g/mol. The van der Waals surface area contributed by atoms with Crippen LogP contribution in [0.4, 0.5) is 8.78 Å². The van der Waals surface area contributed by atoms with Crippen LogP contribution in [0.5, 0.6) is 0 Å². The van der Waals surface area contributed by atoms with Gasteiger partial charge in [-0.05, 0) is 55.5 Å². The number of allylic oxidation sites excluding steroid dienone is 1. The number of carbonyl (C=O) groups is 2. The Balaban J connectivity index is 1.68. The molecule has 1 fully saturated rings. The second-order valence-electron chi connectivity index (χ2n) is 9.68. The summed E-state index contributed by atoms with van der Waals surface area (Å²) >= 11 is 0. The number of aromatic nitrogens is 2. The van der Waals surface area contributed by atoms with E-state index >= 15 is 0 Å². The highest BCUT2D eigenvalue weighted by Crippen LogP contribution is 2.46. The van der Waals surface area contributed by atoms with Crippen molar-refractivity contribution in [2.45, 2.75) is 45.1 Å². The van der Waals surface area contributed by atoms with E-state index in [4.69, 9.17) is 4.74 Å². The topological polar surface area (TPSA) is 75.3 Å². The Hall–Kier alpha value is -3.39. The number of aromatic amines is 1. The highest BCUT2D eigenvalue weighted by molar-refractivity contribution is 6.22. The molecule has 2 aliphatic rings. The molecule has 3 aromatic rings. The molecule has 2 aromatic heterocycles. The third-order valence-electron chi connectivity index (χ3n) is 6.79. The summed E-state index contributed by atoms with van der Waals surface area (Å²) in [4.78, 5) is 36.2. The number of ether oxygens (including phenoxy) is 1. The molecule has 8 heteroatoms. The second kappa shape index (κ2) is 9.00. The van der Waals surface area contributed by atoms with Crippen LogP contribution in [0, 0.1) is 17.6 Å². The van der Waals surface area contributed by atoms with Crippen LogP contribution in [-0.4, -0.2) is 39.7 Å². The number of nitrogens with one attached hydrogen (secondary N) is 1. The minimum atomic E-state index is -1.10. The minimum Gasteiger partial charge on any atom is -0.368 e. The average molecular weight is 480 g/mol. The summed E-state index contributed by atoms with van der Waals surface area (Å²) in [6, 6.07) is 6.84. The molecule has 5 rings (SSSR count). The molecule has 1 saturated heterocycles. The molecule has 35 heavy (non-hydrogen) atoms. The van der Waals surface area contributed by atoms with Crippen molar-refractivity contribution in [1.29, 1.82) is 0 Å². The largest absolute Gasteiger partial charge is 0.368 e. The smallest absolute Gasteiger partial charge is 0.258 e. The number of benzene rings is 1. The summed E-state index contributed by atoms with van der Waals surface area (Å²) < 4.78 is 33.8. The first kappa shape index (κ1) is 23.4. The number of amides is 1. The van der Waals surface area contributed by atoms with Gasteiger partial charge in [0.25, 0.3) is 5.91 Å². The van der Waals surface area contributed by atoms with E-state index in [1.807, 2.05) is 26.0 Å². The van der Waals surface area contributed by atoms with E-state index in [9.17, 15) is 18.4 Å². The number of hydrogen-bond acceptors (Lipinski definition) is 4. The van der Waals surface area contributed by atoms with Gasteiger partial charge in [-0.2, -0.15) is 0 Å². The van der Waals surface area contributed by atoms with Crippen molar-refractivity contribution in [1.82, 2.24) is 14.9 Å². The van der Waals surface area contributed by atoms with Gasteiger partial charge in [-0.15, -0.1) is 0 Å². The number of H-pyrrole nitrogens is 1. The molecule has 1 spiro atoms. The Labute approximate surface area is 202 Å². The Morgan fingerprint density at radius 2 is 2.06 bits per heavy atom. The summed E-state index contributed by atoms with van der Waals surface area (Å²) in [5.74, 6) is -2.43. The quantitative estimate of drug-likeness (QED) is 0.535. The van der Waals surface area contributed by atoms with Gasteiger partial charge in [-0.25, -0.2) is 13.8 Å². The van der Waals surface area contributed by atoms with Crippen LogP contribution in [0.15, 0.2) is 42.7 Å². The zero-order valence-corrected chi connectivity index (χ0v) is 19.7. The molecule has 182 valence electrons. The first-order valence-electron chi connectivity index (χ1n) is 11.9. The second-order valence-corrected chi connectivity index (χ2v) is 9.68. The average Bonchev–Trinajstić information content (AvgIpc) is 3.43. The van der Waals surface area contributed by atoms with Gasteiger partial charge >= 0.3 is 0 Å². The van der Waals surface area contributed by atoms with Crippen LogP contribution in [-0.2, 0) is 15.1 Å². The predicted molar refractivity (Wildman–Crippen MR) is 127 cm³/mol. The third kappa shape index (κ3) is 4.16. The summed E-state index contributed by atoms with van der Waals surface area (Å²) in [5, 5.41) is 0.842. The lowest BCUT2D eigenvalue weighted by Gasteiger charge is -2.32. The van der Waals surface area contributed by atoms with Crippen molar-refractivity contribution in [3.63, 3.8) is 0 Å². The molecule has 1 N–H and O–H groups in total. The zero-order chi connectivity index (χ0) is 24.7. The number of halogens is 2. The molecule has 0 radical (unpaired) electrons. The standard InChI is InChI=1S/C27H27F2N3O3/c1-16(2)6-9-22(33)19-14-32(26(34)17-7-8-20(28)21(29)13-17)15-27(10-4-12-35-27)23-18-5-3-11-30-25(18)31-24(19)23/h3,5,7-8,11,13-14,16H,4,6,9-10,12,15H2,1-2H3,(H,30,31). The van der Waals surface area contributed by atoms with Crippen LogP contribution >= 0.6 is 0 Å². The number of pyridine rings is 1. The fourth-order valence-corrected chi connectivity index (χ4v) is 5.03. The van der Waals surface area contributed by atoms with E-state index in [-0.39, 0.29) is 17.9 Å². The fourth-order valence-electron chi connectivity index (χ4n) is 5.03. The minimum absolute atomic E-state index is 0.000591. The lowest BCUT2D eigenvalue weighted by molar-refractivity contribution is -0.114. The normalized spacial score (nSPS) is 19.8. The number of hydrogen-bond donors (Lipinski definition) is 1. The van der Waals surface area contributed by atoms with Crippen molar-refractivity contribution in [2.75, 3.05) is 13.2 Å². The Morgan fingerprint density at radius 1 is 1.23 bits per heavy atom. The SMILES string of the molecule is CC(C)CCC(=O)C1=CN(C(=O)c2ccc(F)c(F)c2)CC2(CCCO2)c2c1[nH]c1ncccc21. The summed E-state index contributed by atoms with van der Waals surface area (Å²) in [7, 11) is 0. The predicted octanol–water partition coefficient (Wildman–Crippen LogP) is 5.35.